The zero-order valence-electron chi connectivity index (χ0n) is 31.3. The molecule has 2 unspecified atom stereocenters. The summed E-state index contributed by atoms with van der Waals surface area (Å²) in [7, 11) is 1.31. The SMILES string of the molecule is COC(=O)N[C@H](C(=O)N1CCC[C@H]1C1=NC=C(c2ccc(-c3ccc(C4=CN=C([C@@H]5C6CCC(C6)[C@H]5C(=O)NCc5ccco5)C4)cc3)cc2)C1)C(C)C. The Balaban J connectivity index is 0.864. The van der Waals surface area contributed by atoms with E-state index < -0.39 is 12.1 Å². The molecule has 8 rings (SSSR count). The Labute approximate surface area is 316 Å². The third kappa shape index (κ3) is 7.06. The highest BCUT2D eigenvalue weighted by Gasteiger charge is 2.52. The van der Waals surface area contributed by atoms with Crippen LogP contribution < -0.4 is 10.6 Å². The van der Waals surface area contributed by atoms with E-state index in [4.69, 9.17) is 19.1 Å². The van der Waals surface area contributed by atoms with Gasteiger partial charge in [0, 0.05) is 55.0 Å². The molecule has 2 aromatic carbocycles. The highest BCUT2D eigenvalue weighted by molar-refractivity contribution is 6.04. The van der Waals surface area contributed by atoms with Crippen LogP contribution in [0.15, 0.2) is 93.7 Å². The largest absolute Gasteiger partial charge is 0.467 e. The fraction of sp³-hybridized carbons (Fsp3) is 0.432. The minimum atomic E-state index is -0.645. The van der Waals surface area contributed by atoms with Crippen molar-refractivity contribution < 1.29 is 23.5 Å². The van der Waals surface area contributed by atoms with Crippen LogP contribution in [0, 0.1) is 29.6 Å². The summed E-state index contributed by atoms with van der Waals surface area (Å²) in [6.07, 6.45) is 11.7. The summed E-state index contributed by atoms with van der Waals surface area (Å²) in [6.45, 7) is 4.93. The van der Waals surface area contributed by atoms with Gasteiger partial charge in [0.05, 0.1) is 26.0 Å². The van der Waals surface area contributed by atoms with Crippen LogP contribution in [0.3, 0.4) is 0 Å². The van der Waals surface area contributed by atoms with Crippen LogP contribution >= 0.6 is 0 Å². The van der Waals surface area contributed by atoms with E-state index >= 15 is 0 Å². The number of nitrogens with zero attached hydrogens (tertiary/aromatic N) is 3. The Morgan fingerprint density at radius 2 is 1.48 bits per heavy atom. The van der Waals surface area contributed by atoms with Crippen LogP contribution in [0.1, 0.15) is 75.7 Å². The van der Waals surface area contributed by atoms with E-state index in [0.29, 0.717) is 31.3 Å². The number of furan rings is 1. The van der Waals surface area contributed by atoms with Gasteiger partial charge < -0.3 is 24.7 Å². The van der Waals surface area contributed by atoms with E-state index in [1.165, 1.54) is 19.1 Å². The minimum absolute atomic E-state index is 0.0189. The number of carbonyl (C=O) groups excluding carboxylic acids is 3. The van der Waals surface area contributed by atoms with Crippen LogP contribution in [0.2, 0.25) is 0 Å². The molecular weight excluding hydrogens is 679 g/mol. The molecule has 3 fully saturated rings. The lowest BCUT2D eigenvalue weighted by Crippen LogP contribution is -2.53. The van der Waals surface area contributed by atoms with Crippen molar-refractivity contribution in [2.75, 3.05) is 13.7 Å². The number of likely N-dealkylation sites (tertiary alicyclic amines) is 1. The number of rotatable bonds is 11. The van der Waals surface area contributed by atoms with Gasteiger partial charge in [0.25, 0.3) is 0 Å². The number of alkyl carbamates (subject to hydrolysis) is 1. The Kier molecular flexibility index (Phi) is 10.1. The van der Waals surface area contributed by atoms with E-state index in [1.807, 2.05) is 43.3 Å². The van der Waals surface area contributed by atoms with Gasteiger partial charge in [-0.15, -0.1) is 0 Å². The molecule has 0 radical (unpaired) electrons. The summed E-state index contributed by atoms with van der Waals surface area (Å²) in [4.78, 5) is 50.6. The number of amides is 3. The number of hydrogen-bond donors (Lipinski definition) is 2. The van der Waals surface area contributed by atoms with Gasteiger partial charge in [-0.2, -0.15) is 0 Å². The molecule has 5 aliphatic rings. The van der Waals surface area contributed by atoms with Crippen molar-refractivity contribution in [1.82, 2.24) is 15.5 Å². The maximum absolute atomic E-state index is 13.6. The lowest BCUT2D eigenvalue weighted by atomic mass is 9.75. The van der Waals surface area contributed by atoms with Gasteiger partial charge >= 0.3 is 6.09 Å². The number of fused-ring (bicyclic) bond motifs is 2. The van der Waals surface area contributed by atoms with Gasteiger partial charge in [-0.3, -0.25) is 19.6 Å². The lowest BCUT2D eigenvalue weighted by molar-refractivity contribution is -0.134. The Bertz CT molecular complexity index is 2010. The van der Waals surface area contributed by atoms with Crippen LogP contribution in [0.4, 0.5) is 4.79 Å². The van der Waals surface area contributed by atoms with E-state index in [9.17, 15) is 14.4 Å². The Hall–Kier alpha value is -5.25. The quantitative estimate of drug-likeness (QED) is 0.210. The number of allylic oxidation sites excluding steroid dienone is 2. The maximum atomic E-state index is 13.6. The summed E-state index contributed by atoms with van der Waals surface area (Å²) in [5.74, 6) is 1.90. The first kappa shape index (κ1) is 35.8. The summed E-state index contributed by atoms with van der Waals surface area (Å²) in [5.41, 5.74) is 9.05. The zero-order valence-corrected chi connectivity index (χ0v) is 31.3. The maximum Gasteiger partial charge on any atom is 0.407 e. The van der Waals surface area contributed by atoms with Gasteiger partial charge in [-0.25, -0.2) is 4.79 Å². The molecule has 0 spiro atoms. The summed E-state index contributed by atoms with van der Waals surface area (Å²) in [5, 5.41) is 5.87. The van der Waals surface area contributed by atoms with Gasteiger partial charge in [0.15, 0.2) is 0 Å². The molecule has 2 aliphatic carbocycles. The van der Waals surface area contributed by atoms with Crippen molar-refractivity contribution in [3.8, 4) is 11.1 Å². The van der Waals surface area contributed by atoms with Crippen LogP contribution in [0.5, 0.6) is 0 Å². The Morgan fingerprint density at radius 3 is 2.11 bits per heavy atom. The number of ether oxygens (including phenoxy) is 1. The molecule has 6 atom stereocenters. The van der Waals surface area contributed by atoms with Gasteiger partial charge in [0.2, 0.25) is 11.8 Å². The van der Waals surface area contributed by atoms with Crippen LogP contribution in [-0.2, 0) is 20.9 Å². The average Bonchev–Trinajstić information content (AvgIpc) is 4.05. The van der Waals surface area contributed by atoms with Crippen molar-refractivity contribution in [2.45, 2.75) is 77.4 Å². The fourth-order valence-electron chi connectivity index (χ4n) is 9.52. The molecule has 4 heterocycles. The number of carbonyl (C=O) groups is 3. The van der Waals surface area contributed by atoms with Crippen molar-refractivity contribution in [3.05, 3.63) is 96.2 Å². The zero-order chi connectivity index (χ0) is 37.3. The molecule has 10 heteroatoms. The molecule has 1 aromatic heterocycles. The highest BCUT2D eigenvalue weighted by atomic mass is 16.5. The molecule has 10 nitrogen and oxygen atoms in total. The number of aliphatic imine (C=N–C) groups is 2. The predicted molar refractivity (Wildman–Crippen MR) is 209 cm³/mol. The first-order valence-electron chi connectivity index (χ1n) is 19.4. The first-order chi connectivity index (χ1) is 26.3. The van der Waals surface area contributed by atoms with Crippen molar-refractivity contribution in [2.24, 2.45) is 39.6 Å². The molecule has 280 valence electrons. The molecule has 3 amide bonds. The monoisotopic (exact) mass is 727 g/mol. The second-order valence-corrected chi connectivity index (χ2v) is 15.8. The summed E-state index contributed by atoms with van der Waals surface area (Å²) < 4.78 is 10.2. The number of methoxy groups -OCH3 is 1. The van der Waals surface area contributed by atoms with Crippen molar-refractivity contribution in [3.63, 3.8) is 0 Å². The van der Waals surface area contributed by atoms with E-state index in [1.54, 1.807) is 6.26 Å². The molecule has 3 aliphatic heterocycles. The summed E-state index contributed by atoms with van der Waals surface area (Å²) >= 11 is 0. The molecule has 2 N–H and O–H groups in total. The second-order valence-electron chi connectivity index (χ2n) is 15.8. The van der Waals surface area contributed by atoms with Crippen molar-refractivity contribution in [1.29, 1.82) is 0 Å². The molecule has 2 saturated carbocycles. The topological polar surface area (TPSA) is 126 Å². The van der Waals surface area contributed by atoms with Crippen molar-refractivity contribution >= 4 is 40.5 Å². The predicted octanol–water partition coefficient (Wildman–Crippen LogP) is 7.67. The molecule has 3 aromatic rings. The third-order valence-electron chi connectivity index (χ3n) is 12.3. The minimum Gasteiger partial charge on any atom is -0.467 e. The highest BCUT2D eigenvalue weighted by Crippen LogP contribution is 2.54. The van der Waals surface area contributed by atoms with Gasteiger partial charge in [0.1, 0.15) is 11.8 Å². The molecular formula is C44H49N5O5. The average molecular weight is 728 g/mol. The number of nitrogens with one attached hydrogen (secondary N) is 2. The number of hydrogen-bond acceptors (Lipinski definition) is 7. The first-order valence-corrected chi connectivity index (χ1v) is 19.4. The third-order valence-corrected chi connectivity index (χ3v) is 12.3. The van der Waals surface area contributed by atoms with Gasteiger partial charge in [-0.1, -0.05) is 62.4 Å². The normalized spacial score (nSPS) is 25.0. The smallest absolute Gasteiger partial charge is 0.407 e. The van der Waals surface area contributed by atoms with Crippen LogP contribution in [0.25, 0.3) is 22.3 Å². The lowest BCUT2D eigenvalue weighted by Gasteiger charge is -2.31. The number of benzene rings is 2. The molecule has 1 saturated heterocycles. The standard InChI is InChI=1S/C44H49N5O5/c1-26(2)41(48-44(52)53-3)43(51)49-18-4-7-38(49)36-21-33(23-45-36)29-12-8-27(9-13-29)28-10-14-30(15-11-28)34-22-37(46-24-34)39-31-16-17-32(20-31)40(39)42(50)47-25-35-6-5-19-54-35/h5-6,8-15,19,23-24,26,31-32,38-41H,4,7,16-18,20-22,25H2,1-3H3,(H,47,50)(H,48,52)/t31?,32?,38-,39-,40+,41-/m0/s1. The fourth-order valence-corrected chi connectivity index (χ4v) is 9.52. The summed E-state index contributed by atoms with van der Waals surface area (Å²) in [6, 6.07) is 20.3. The molecule has 54 heavy (non-hydrogen) atoms. The van der Waals surface area contributed by atoms with Gasteiger partial charge in [-0.05, 0) is 95.4 Å². The molecule has 2 bridgehead atoms. The Morgan fingerprint density at radius 1 is 0.852 bits per heavy atom. The van der Waals surface area contributed by atoms with E-state index in [2.05, 4.69) is 59.2 Å². The van der Waals surface area contributed by atoms with E-state index in [-0.39, 0.29) is 35.6 Å². The van der Waals surface area contributed by atoms with E-state index in [0.717, 1.165) is 77.1 Å². The van der Waals surface area contributed by atoms with Crippen LogP contribution in [-0.4, -0.2) is 60.0 Å². The second kappa shape index (κ2) is 15.2.